The molecule has 8 nitrogen and oxygen atoms in total. The molecule has 0 bridgehead atoms. The topological polar surface area (TPSA) is 92.5 Å². The number of nitrogens with one attached hydrogen (secondary N) is 1. The van der Waals surface area contributed by atoms with E-state index in [0.717, 1.165) is 17.0 Å². The number of hydrogen-bond acceptors (Lipinski definition) is 5. The highest BCUT2D eigenvalue weighted by Crippen LogP contribution is 2.09. The molecule has 0 radical (unpaired) electrons. The molecule has 27 heavy (non-hydrogen) atoms. The summed E-state index contributed by atoms with van der Waals surface area (Å²) in [5.41, 5.74) is 3.31. The molecule has 1 N–H and O–H groups in total. The Bertz CT molecular complexity index is 993. The minimum absolute atomic E-state index is 0.0874. The van der Waals surface area contributed by atoms with Crippen LogP contribution in [0.1, 0.15) is 33.1 Å². The normalized spacial score (nSPS) is 10.8. The summed E-state index contributed by atoms with van der Waals surface area (Å²) in [5.74, 6) is 0.726. The van der Waals surface area contributed by atoms with Gasteiger partial charge in [-0.2, -0.15) is 4.98 Å². The smallest absolute Gasteiger partial charge is 0.252 e. The van der Waals surface area contributed by atoms with E-state index in [0.29, 0.717) is 23.7 Å². The number of likely N-dealkylation sites (N-methyl/N-ethyl adjacent to an activating group) is 1. The van der Waals surface area contributed by atoms with Crippen molar-refractivity contribution in [2.45, 2.75) is 26.8 Å². The van der Waals surface area contributed by atoms with Gasteiger partial charge in [0.1, 0.15) is 0 Å². The standard InChI is InChI=1S/C19H22N6O2/c1-12-9-13(2)25-19(21-12)22-16(23-25)10-17(26)24(4)11-14-5-7-15(8-6-14)18(27)20-3/h5-9H,10-11H2,1-4H3,(H,20,27). The van der Waals surface area contributed by atoms with Crippen LogP contribution in [0.4, 0.5) is 0 Å². The summed E-state index contributed by atoms with van der Waals surface area (Å²) in [7, 11) is 3.33. The Labute approximate surface area is 157 Å². The second-order valence-electron chi connectivity index (χ2n) is 6.48. The number of hydrogen-bond donors (Lipinski definition) is 1. The predicted octanol–water partition coefficient (Wildman–Crippen LogP) is 1.30. The van der Waals surface area contributed by atoms with E-state index in [1.54, 1.807) is 35.6 Å². The molecule has 0 atom stereocenters. The van der Waals surface area contributed by atoms with E-state index in [-0.39, 0.29) is 18.2 Å². The summed E-state index contributed by atoms with van der Waals surface area (Å²) >= 11 is 0. The third-order valence-corrected chi connectivity index (χ3v) is 4.26. The van der Waals surface area contributed by atoms with Crippen LogP contribution in [0.15, 0.2) is 30.3 Å². The first kappa shape index (κ1) is 18.5. The summed E-state index contributed by atoms with van der Waals surface area (Å²) in [4.78, 5) is 34.4. The van der Waals surface area contributed by atoms with E-state index in [4.69, 9.17) is 0 Å². The Hall–Kier alpha value is -3.29. The fourth-order valence-corrected chi connectivity index (χ4v) is 2.82. The fourth-order valence-electron chi connectivity index (χ4n) is 2.82. The highest BCUT2D eigenvalue weighted by atomic mass is 16.2. The van der Waals surface area contributed by atoms with Gasteiger partial charge in [-0.05, 0) is 37.6 Å². The highest BCUT2D eigenvalue weighted by Gasteiger charge is 2.15. The molecule has 2 heterocycles. The molecule has 0 aliphatic heterocycles. The summed E-state index contributed by atoms with van der Waals surface area (Å²) in [6.45, 7) is 4.27. The third kappa shape index (κ3) is 4.11. The molecule has 0 spiro atoms. The number of aromatic nitrogens is 4. The SMILES string of the molecule is CNC(=O)c1ccc(CN(C)C(=O)Cc2nc3nc(C)cc(C)n3n2)cc1. The Balaban J connectivity index is 1.67. The number of aryl methyl sites for hydroxylation is 2. The highest BCUT2D eigenvalue weighted by molar-refractivity contribution is 5.93. The molecular formula is C19H22N6O2. The van der Waals surface area contributed by atoms with Gasteiger partial charge in [0.15, 0.2) is 5.82 Å². The van der Waals surface area contributed by atoms with Crippen LogP contribution in [0.25, 0.3) is 5.78 Å². The number of fused-ring (bicyclic) bond motifs is 1. The van der Waals surface area contributed by atoms with E-state index in [1.165, 1.54) is 0 Å². The van der Waals surface area contributed by atoms with Crippen molar-refractivity contribution in [2.24, 2.45) is 0 Å². The maximum atomic E-state index is 12.5. The number of carbonyl (C=O) groups excluding carboxylic acids is 2. The van der Waals surface area contributed by atoms with E-state index < -0.39 is 0 Å². The van der Waals surface area contributed by atoms with Crippen LogP contribution >= 0.6 is 0 Å². The van der Waals surface area contributed by atoms with Crippen molar-refractivity contribution in [3.05, 3.63) is 58.7 Å². The van der Waals surface area contributed by atoms with Gasteiger partial charge in [0.05, 0.1) is 6.42 Å². The maximum Gasteiger partial charge on any atom is 0.252 e. The molecule has 0 aliphatic rings. The van der Waals surface area contributed by atoms with E-state index in [2.05, 4.69) is 20.4 Å². The zero-order valence-electron chi connectivity index (χ0n) is 15.9. The van der Waals surface area contributed by atoms with Gasteiger partial charge in [0, 0.05) is 37.6 Å². The van der Waals surface area contributed by atoms with Crippen LogP contribution in [-0.2, 0) is 17.8 Å². The van der Waals surface area contributed by atoms with Crippen molar-refractivity contribution in [2.75, 3.05) is 14.1 Å². The molecule has 2 amide bonds. The van der Waals surface area contributed by atoms with Crippen LogP contribution in [-0.4, -0.2) is 50.4 Å². The monoisotopic (exact) mass is 366 g/mol. The second kappa shape index (κ2) is 7.53. The van der Waals surface area contributed by atoms with Crippen molar-refractivity contribution >= 4 is 17.6 Å². The lowest BCUT2D eigenvalue weighted by Crippen LogP contribution is -2.28. The lowest BCUT2D eigenvalue weighted by Gasteiger charge is -2.16. The van der Waals surface area contributed by atoms with Crippen LogP contribution in [0.3, 0.4) is 0 Å². The molecule has 2 aromatic heterocycles. The number of nitrogens with zero attached hydrogens (tertiary/aromatic N) is 5. The minimum atomic E-state index is -0.136. The first-order valence-electron chi connectivity index (χ1n) is 8.62. The Morgan fingerprint density at radius 3 is 2.52 bits per heavy atom. The molecule has 0 saturated carbocycles. The molecule has 0 aliphatic carbocycles. The minimum Gasteiger partial charge on any atom is -0.355 e. The van der Waals surface area contributed by atoms with Gasteiger partial charge < -0.3 is 10.2 Å². The predicted molar refractivity (Wildman–Crippen MR) is 100 cm³/mol. The molecule has 0 unspecified atom stereocenters. The summed E-state index contributed by atoms with van der Waals surface area (Å²) < 4.78 is 1.65. The Morgan fingerprint density at radius 2 is 1.85 bits per heavy atom. The Kier molecular flexibility index (Phi) is 5.16. The van der Waals surface area contributed by atoms with Crippen molar-refractivity contribution in [3.8, 4) is 0 Å². The molecule has 1 aromatic carbocycles. The Morgan fingerprint density at radius 1 is 1.15 bits per heavy atom. The maximum absolute atomic E-state index is 12.5. The largest absolute Gasteiger partial charge is 0.355 e. The quantitative estimate of drug-likeness (QED) is 0.735. The first-order chi connectivity index (χ1) is 12.9. The van der Waals surface area contributed by atoms with Gasteiger partial charge >= 0.3 is 0 Å². The van der Waals surface area contributed by atoms with Crippen LogP contribution < -0.4 is 5.32 Å². The molecular weight excluding hydrogens is 344 g/mol. The van der Waals surface area contributed by atoms with Crippen LogP contribution in [0.5, 0.6) is 0 Å². The van der Waals surface area contributed by atoms with Crippen molar-refractivity contribution in [1.29, 1.82) is 0 Å². The first-order valence-corrected chi connectivity index (χ1v) is 8.62. The number of amides is 2. The zero-order chi connectivity index (χ0) is 19.6. The molecule has 3 aromatic rings. The van der Waals surface area contributed by atoms with Crippen molar-refractivity contribution < 1.29 is 9.59 Å². The van der Waals surface area contributed by atoms with Crippen molar-refractivity contribution in [3.63, 3.8) is 0 Å². The van der Waals surface area contributed by atoms with Gasteiger partial charge in [-0.15, -0.1) is 5.10 Å². The zero-order valence-corrected chi connectivity index (χ0v) is 15.9. The summed E-state index contributed by atoms with van der Waals surface area (Å²) in [5, 5.41) is 6.96. The van der Waals surface area contributed by atoms with Gasteiger partial charge in [-0.1, -0.05) is 12.1 Å². The summed E-state index contributed by atoms with van der Waals surface area (Å²) in [6.07, 6.45) is 0.106. The van der Waals surface area contributed by atoms with Gasteiger partial charge in [-0.25, -0.2) is 9.50 Å². The van der Waals surface area contributed by atoms with E-state index in [9.17, 15) is 9.59 Å². The third-order valence-electron chi connectivity index (χ3n) is 4.26. The van der Waals surface area contributed by atoms with Gasteiger partial charge in [0.2, 0.25) is 5.91 Å². The van der Waals surface area contributed by atoms with E-state index >= 15 is 0 Å². The number of carbonyl (C=O) groups is 2. The fraction of sp³-hybridized carbons (Fsp3) is 0.316. The number of benzene rings is 1. The summed E-state index contributed by atoms with van der Waals surface area (Å²) in [6, 6.07) is 9.09. The molecule has 0 fully saturated rings. The average molecular weight is 366 g/mol. The average Bonchev–Trinajstić information content (AvgIpc) is 3.04. The molecule has 8 heteroatoms. The molecule has 0 saturated heterocycles. The van der Waals surface area contributed by atoms with E-state index in [1.807, 2.05) is 32.0 Å². The van der Waals surface area contributed by atoms with Crippen LogP contribution in [0, 0.1) is 13.8 Å². The lowest BCUT2D eigenvalue weighted by atomic mass is 10.1. The second-order valence-corrected chi connectivity index (χ2v) is 6.48. The van der Waals surface area contributed by atoms with Gasteiger partial charge in [-0.3, -0.25) is 9.59 Å². The lowest BCUT2D eigenvalue weighted by molar-refractivity contribution is -0.129. The van der Waals surface area contributed by atoms with Crippen molar-refractivity contribution in [1.82, 2.24) is 29.8 Å². The molecule has 140 valence electrons. The van der Waals surface area contributed by atoms with Crippen LogP contribution in [0.2, 0.25) is 0 Å². The molecule has 3 rings (SSSR count). The van der Waals surface area contributed by atoms with Gasteiger partial charge in [0.25, 0.3) is 11.7 Å². The number of rotatable bonds is 5.